The number of ether oxygens (including phenoxy) is 2. The Balaban J connectivity index is 1.91. The number of nitrogens with zero attached hydrogens (tertiary/aromatic N) is 1. The zero-order valence-corrected chi connectivity index (χ0v) is 16.6. The predicted octanol–water partition coefficient (Wildman–Crippen LogP) is 6.26. The van der Waals surface area contributed by atoms with Crippen LogP contribution in [0.4, 0.5) is 5.69 Å². The van der Waals surface area contributed by atoms with Crippen LogP contribution in [0.15, 0.2) is 54.6 Å². The molecule has 0 atom stereocenters. The van der Waals surface area contributed by atoms with Gasteiger partial charge < -0.3 is 9.47 Å². The Morgan fingerprint density at radius 2 is 1.64 bits per heavy atom. The summed E-state index contributed by atoms with van der Waals surface area (Å²) in [5, 5.41) is 11.7. The highest BCUT2D eigenvalue weighted by Gasteiger charge is 2.15. The molecule has 0 fully saturated rings. The predicted molar refractivity (Wildman–Crippen MR) is 110 cm³/mol. The van der Waals surface area contributed by atoms with Crippen LogP contribution < -0.4 is 9.47 Å². The van der Waals surface area contributed by atoms with Crippen LogP contribution in [0.2, 0.25) is 5.02 Å². The van der Waals surface area contributed by atoms with Gasteiger partial charge in [-0.25, -0.2) is 0 Å². The fourth-order valence-corrected chi connectivity index (χ4v) is 3.22. The molecular weight excluding hydrogens is 378 g/mol. The van der Waals surface area contributed by atoms with E-state index in [4.69, 9.17) is 21.1 Å². The van der Waals surface area contributed by atoms with Gasteiger partial charge in [-0.1, -0.05) is 23.7 Å². The summed E-state index contributed by atoms with van der Waals surface area (Å²) in [6, 6.07) is 16.3. The maximum atomic E-state index is 11.0. The van der Waals surface area contributed by atoms with E-state index < -0.39 is 4.92 Å². The Hall–Kier alpha value is -3.05. The highest BCUT2D eigenvalue weighted by molar-refractivity contribution is 6.30. The first-order chi connectivity index (χ1) is 13.4. The molecule has 0 spiro atoms. The molecule has 3 rings (SSSR count). The average molecular weight is 398 g/mol. The second-order valence-corrected chi connectivity index (χ2v) is 6.98. The first-order valence-corrected chi connectivity index (χ1v) is 9.10. The second kappa shape index (κ2) is 8.31. The highest BCUT2D eigenvalue weighted by Crippen LogP contribution is 2.34. The number of non-ortho nitro benzene ring substituents is 1. The minimum absolute atomic E-state index is 0.0560. The van der Waals surface area contributed by atoms with Gasteiger partial charge in [0.2, 0.25) is 0 Å². The maximum absolute atomic E-state index is 11.0. The quantitative estimate of drug-likeness (QED) is 0.364. The van der Waals surface area contributed by atoms with E-state index in [9.17, 15) is 10.1 Å². The van der Waals surface area contributed by atoms with Gasteiger partial charge in [0.15, 0.2) is 0 Å². The van der Waals surface area contributed by atoms with E-state index in [0.29, 0.717) is 34.1 Å². The molecule has 0 bridgehead atoms. The maximum Gasteiger partial charge on any atom is 0.270 e. The van der Waals surface area contributed by atoms with Crippen molar-refractivity contribution in [2.75, 3.05) is 7.11 Å². The minimum Gasteiger partial charge on any atom is -0.496 e. The Morgan fingerprint density at radius 3 is 2.21 bits per heavy atom. The molecule has 0 aliphatic heterocycles. The molecule has 28 heavy (non-hydrogen) atoms. The van der Waals surface area contributed by atoms with Crippen molar-refractivity contribution in [1.29, 1.82) is 0 Å². The lowest BCUT2D eigenvalue weighted by Crippen LogP contribution is -1.97. The van der Waals surface area contributed by atoms with Gasteiger partial charge >= 0.3 is 0 Å². The lowest BCUT2D eigenvalue weighted by atomic mass is 10.0. The van der Waals surface area contributed by atoms with Gasteiger partial charge in [0.1, 0.15) is 17.2 Å². The summed E-state index contributed by atoms with van der Waals surface area (Å²) in [4.78, 5) is 10.6. The summed E-state index contributed by atoms with van der Waals surface area (Å²) in [5.74, 6) is 2.03. The van der Waals surface area contributed by atoms with Crippen molar-refractivity contribution in [2.45, 2.75) is 20.3 Å². The van der Waals surface area contributed by atoms with Crippen LogP contribution in [0.1, 0.15) is 22.3 Å². The zero-order valence-electron chi connectivity index (χ0n) is 15.9. The SMILES string of the molecule is COc1ccc(Oc2c(C)cc([N+](=O)[O-])cc2C)cc1Cc1ccc(Cl)cc1. The molecule has 0 N–H and O–H groups in total. The Morgan fingerprint density at radius 1 is 1.00 bits per heavy atom. The number of aryl methyl sites for hydroxylation is 2. The molecule has 0 aliphatic rings. The van der Waals surface area contributed by atoms with E-state index in [2.05, 4.69) is 0 Å². The van der Waals surface area contributed by atoms with Gasteiger partial charge in [0, 0.05) is 29.1 Å². The second-order valence-electron chi connectivity index (χ2n) is 6.54. The topological polar surface area (TPSA) is 61.6 Å². The summed E-state index contributed by atoms with van der Waals surface area (Å²) >= 11 is 5.96. The molecule has 0 amide bonds. The van der Waals surface area contributed by atoms with Gasteiger partial charge in [0.25, 0.3) is 5.69 Å². The van der Waals surface area contributed by atoms with Gasteiger partial charge in [-0.05, 0) is 60.9 Å². The summed E-state index contributed by atoms with van der Waals surface area (Å²) in [6.45, 7) is 3.60. The van der Waals surface area contributed by atoms with E-state index in [-0.39, 0.29) is 5.69 Å². The van der Waals surface area contributed by atoms with E-state index in [1.165, 1.54) is 12.1 Å². The third-order valence-corrected chi connectivity index (χ3v) is 4.69. The van der Waals surface area contributed by atoms with Crippen molar-refractivity contribution in [2.24, 2.45) is 0 Å². The van der Waals surface area contributed by atoms with Crippen LogP contribution in [-0.4, -0.2) is 12.0 Å². The number of methoxy groups -OCH3 is 1. The standard InChI is InChI=1S/C22H20ClNO4/c1-14-10-19(24(25)26)11-15(2)22(14)28-20-8-9-21(27-3)17(13-20)12-16-4-6-18(23)7-5-16/h4-11,13H,12H2,1-3H3. The molecule has 3 aromatic carbocycles. The molecule has 0 unspecified atom stereocenters. The number of nitro benzene ring substituents is 1. The fraction of sp³-hybridized carbons (Fsp3) is 0.182. The van der Waals surface area contributed by atoms with Crippen LogP contribution in [0.5, 0.6) is 17.2 Å². The number of halogens is 1. The molecule has 0 aromatic heterocycles. The molecular formula is C22H20ClNO4. The minimum atomic E-state index is -0.401. The van der Waals surface area contributed by atoms with Crippen molar-refractivity contribution in [3.8, 4) is 17.2 Å². The van der Waals surface area contributed by atoms with Crippen molar-refractivity contribution in [1.82, 2.24) is 0 Å². The lowest BCUT2D eigenvalue weighted by Gasteiger charge is -2.15. The van der Waals surface area contributed by atoms with E-state index >= 15 is 0 Å². The Labute approximate surface area is 168 Å². The first kappa shape index (κ1) is 19.7. The van der Waals surface area contributed by atoms with Crippen molar-refractivity contribution in [3.05, 3.63) is 92.0 Å². The zero-order chi connectivity index (χ0) is 20.3. The van der Waals surface area contributed by atoms with Crippen molar-refractivity contribution in [3.63, 3.8) is 0 Å². The number of benzene rings is 3. The van der Waals surface area contributed by atoms with Crippen LogP contribution in [0, 0.1) is 24.0 Å². The number of rotatable bonds is 6. The molecule has 0 aliphatic carbocycles. The van der Waals surface area contributed by atoms with E-state index in [0.717, 1.165) is 16.9 Å². The van der Waals surface area contributed by atoms with Crippen LogP contribution >= 0.6 is 11.6 Å². The molecule has 0 saturated carbocycles. The summed E-state index contributed by atoms with van der Waals surface area (Å²) in [7, 11) is 1.63. The molecule has 0 radical (unpaired) electrons. The molecule has 3 aromatic rings. The van der Waals surface area contributed by atoms with Gasteiger partial charge in [-0.2, -0.15) is 0 Å². The Bertz CT molecular complexity index is 993. The third kappa shape index (κ3) is 4.43. The molecule has 0 saturated heterocycles. The summed E-state index contributed by atoms with van der Waals surface area (Å²) in [6.07, 6.45) is 0.662. The lowest BCUT2D eigenvalue weighted by molar-refractivity contribution is -0.385. The van der Waals surface area contributed by atoms with Crippen LogP contribution in [0.3, 0.4) is 0 Å². The van der Waals surface area contributed by atoms with Gasteiger partial charge in [-0.3, -0.25) is 10.1 Å². The molecule has 6 heteroatoms. The van der Waals surface area contributed by atoms with E-state index in [1.807, 2.05) is 42.5 Å². The smallest absolute Gasteiger partial charge is 0.270 e. The molecule has 5 nitrogen and oxygen atoms in total. The number of hydrogen-bond donors (Lipinski definition) is 0. The normalized spacial score (nSPS) is 10.6. The van der Waals surface area contributed by atoms with Crippen LogP contribution in [-0.2, 0) is 6.42 Å². The van der Waals surface area contributed by atoms with Gasteiger partial charge in [0.05, 0.1) is 12.0 Å². The Kier molecular flexibility index (Phi) is 5.85. The van der Waals surface area contributed by atoms with Crippen molar-refractivity contribution < 1.29 is 14.4 Å². The first-order valence-electron chi connectivity index (χ1n) is 8.72. The van der Waals surface area contributed by atoms with Crippen molar-refractivity contribution >= 4 is 17.3 Å². The fourth-order valence-electron chi connectivity index (χ4n) is 3.09. The summed E-state index contributed by atoms with van der Waals surface area (Å²) < 4.78 is 11.6. The number of hydrogen-bond acceptors (Lipinski definition) is 4. The summed E-state index contributed by atoms with van der Waals surface area (Å²) in [5.41, 5.74) is 3.55. The number of nitro groups is 1. The monoisotopic (exact) mass is 397 g/mol. The van der Waals surface area contributed by atoms with E-state index in [1.54, 1.807) is 21.0 Å². The molecule has 144 valence electrons. The highest BCUT2D eigenvalue weighted by atomic mass is 35.5. The largest absolute Gasteiger partial charge is 0.496 e. The van der Waals surface area contributed by atoms with Crippen LogP contribution in [0.25, 0.3) is 0 Å². The molecule has 0 heterocycles. The van der Waals surface area contributed by atoms with Gasteiger partial charge in [-0.15, -0.1) is 0 Å². The third-order valence-electron chi connectivity index (χ3n) is 4.44. The average Bonchev–Trinajstić information content (AvgIpc) is 2.66.